The van der Waals surface area contributed by atoms with Gasteiger partial charge in [0.2, 0.25) is 5.95 Å². The van der Waals surface area contributed by atoms with Crippen LogP contribution in [-0.2, 0) is 4.74 Å². The average molecular weight is 252 g/mol. The van der Waals surface area contributed by atoms with E-state index in [9.17, 15) is 0 Å². The lowest BCUT2D eigenvalue weighted by atomic mass is 10.1. The van der Waals surface area contributed by atoms with Gasteiger partial charge in [0.05, 0.1) is 19.3 Å². The lowest BCUT2D eigenvalue weighted by Gasteiger charge is -2.32. The monoisotopic (exact) mass is 252 g/mol. The van der Waals surface area contributed by atoms with Gasteiger partial charge in [0, 0.05) is 24.8 Å². The molecule has 1 aliphatic heterocycles. The Labute approximate surface area is 107 Å². The Bertz CT molecular complexity index is 371. The molecule has 0 saturated carbocycles. The summed E-state index contributed by atoms with van der Waals surface area (Å²) in [7, 11) is 0. The molecule has 0 radical (unpaired) electrons. The first-order valence-electron chi connectivity index (χ1n) is 6.27. The first kappa shape index (κ1) is 13.0. The molecule has 0 aromatic carbocycles. The Morgan fingerprint density at radius 1 is 1.44 bits per heavy atom. The van der Waals surface area contributed by atoms with Crippen LogP contribution < -0.4 is 10.6 Å². The van der Waals surface area contributed by atoms with E-state index in [-0.39, 0.29) is 12.7 Å². The van der Waals surface area contributed by atoms with Crippen molar-refractivity contribution >= 4 is 11.8 Å². The number of nitrogen functional groups attached to an aromatic ring is 1. The molecule has 0 bridgehead atoms. The summed E-state index contributed by atoms with van der Waals surface area (Å²) in [5, 5.41) is 8.72. The Balaban J connectivity index is 1.92. The van der Waals surface area contributed by atoms with Crippen molar-refractivity contribution in [2.24, 2.45) is 0 Å². The molecule has 100 valence electrons. The van der Waals surface area contributed by atoms with Gasteiger partial charge in [0.25, 0.3) is 0 Å². The minimum absolute atomic E-state index is 0.0852. The number of aromatic nitrogens is 2. The molecular weight excluding hydrogens is 232 g/mol. The van der Waals surface area contributed by atoms with Crippen LogP contribution in [0, 0.1) is 6.92 Å². The maximum absolute atomic E-state index is 8.72. The number of hydrogen-bond donors (Lipinski definition) is 2. The van der Waals surface area contributed by atoms with E-state index in [1.54, 1.807) is 0 Å². The number of anilines is 2. The number of ether oxygens (including phenoxy) is 1. The smallest absolute Gasteiger partial charge is 0.222 e. The van der Waals surface area contributed by atoms with E-state index >= 15 is 0 Å². The minimum atomic E-state index is 0.0852. The second-order valence-corrected chi connectivity index (χ2v) is 4.51. The highest BCUT2D eigenvalue weighted by atomic mass is 16.5. The topological polar surface area (TPSA) is 84.5 Å². The minimum Gasteiger partial charge on any atom is -0.394 e. The van der Waals surface area contributed by atoms with Gasteiger partial charge in [-0.2, -0.15) is 4.98 Å². The van der Waals surface area contributed by atoms with Gasteiger partial charge in [-0.25, -0.2) is 4.98 Å². The van der Waals surface area contributed by atoms with Crippen molar-refractivity contribution in [3.63, 3.8) is 0 Å². The SMILES string of the molecule is Cc1cc(N2CCC(OCCO)CC2)nc(N)n1. The average Bonchev–Trinajstić information content (AvgIpc) is 2.36. The van der Waals surface area contributed by atoms with Gasteiger partial charge in [0.1, 0.15) is 5.82 Å². The number of aryl methyl sites for hydroxylation is 1. The molecule has 0 unspecified atom stereocenters. The number of aliphatic hydroxyl groups is 1. The largest absolute Gasteiger partial charge is 0.394 e. The van der Waals surface area contributed by atoms with Gasteiger partial charge >= 0.3 is 0 Å². The lowest BCUT2D eigenvalue weighted by Crippen LogP contribution is -2.38. The number of piperidine rings is 1. The quantitative estimate of drug-likeness (QED) is 0.804. The molecule has 0 amide bonds. The van der Waals surface area contributed by atoms with Crippen LogP contribution in [0.2, 0.25) is 0 Å². The summed E-state index contributed by atoms with van der Waals surface area (Å²) < 4.78 is 5.53. The van der Waals surface area contributed by atoms with E-state index in [0.717, 1.165) is 37.4 Å². The normalized spacial score (nSPS) is 17.1. The fourth-order valence-corrected chi connectivity index (χ4v) is 2.21. The van der Waals surface area contributed by atoms with Crippen LogP contribution in [0.3, 0.4) is 0 Å². The van der Waals surface area contributed by atoms with Crippen molar-refractivity contribution in [2.45, 2.75) is 25.9 Å². The number of aliphatic hydroxyl groups excluding tert-OH is 1. The molecule has 1 aromatic heterocycles. The number of nitrogens with zero attached hydrogens (tertiary/aromatic N) is 3. The molecule has 2 heterocycles. The van der Waals surface area contributed by atoms with E-state index in [0.29, 0.717) is 12.6 Å². The maximum Gasteiger partial charge on any atom is 0.222 e. The zero-order chi connectivity index (χ0) is 13.0. The summed E-state index contributed by atoms with van der Waals surface area (Å²) >= 11 is 0. The van der Waals surface area contributed by atoms with E-state index in [1.807, 2.05) is 13.0 Å². The Morgan fingerprint density at radius 2 is 2.17 bits per heavy atom. The first-order chi connectivity index (χ1) is 8.69. The molecule has 3 N–H and O–H groups in total. The van der Waals surface area contributed by atoms with Crippen molar-refractivity contribution in [3.05, 3.63) is 11.8 Å². The Morgan fingerprint density at radius 3 is 2.78 bits per heavy atom. The van der Waals surface area contributed by atoms with E-state index < -0.39 is 0 Å². The van der Waals surface area contributed by atoms with Crippen molar-refractivity contribution in [2.75, 3.05) is 36.9 Å². The van der Waals surface area contributed by atoms with Crippen LogP contribution in [0.1, 0.15) is 18.5 Å². The molecule has 1 aromatic rings. The highest BCUT2D eigenvalue weighted by Crippen LogP contribution is 2.20. The second-order valence-electron chi connectivity index (χ2n) is 4.51. The van der Waals surface area contributed by atoms with Gasteiger partial charge in [-0.1, -0.05) is 0 Å². The third-order valence-electron chi connectivity index (χ3n) is 3.07. The van der Waals surface area contributed by atoms with Crippen LogP contribution in [0.25, 0.3) is 0 Å². The van der Waals surface area contributed by atoms with Crippen molar-refractivity contribution in [1.82, 2.24) is 9.97 Å². The summed E-state index contributed by atoms with van der Waals surface area (Å²) in [5.41, 5.74) is 6.54. The fourth-order valence-electron chi connectivity index (χ4n) is 2.21. The van der Waals surface area contributed by atoms with Crippen LogP contribution in [-0.4, -0.2) is 47.5 Å². The van der Waals surface area contributed by atoms with Gasteiger partial charge in [-0.15, -0.1) is 0 Å². The number of hydrogen-bond acceptors (Lipinski definition) is 6. The van der Waals surface area contributed by atoms with Crippen LogP contribution >= 0.6 is 0 Å². The summed E-state index contributed by atoms with van der Waals surface area (Å²) in [4.78, 5) is 10.5. The third kappa shape index (κ3) is 3.30. The van der Waals surface area contributed by atoms with E-state index in [1.165, 1.54) is 0 Å². The summed E-state index contributed by atoms with van der Waals surface area (Å²) in [6.07, 6.45) is 2.14. The van der Waals surface area contributed by atoms with Gasteiger partial charge in [0.15, 0.2) is 0 Å². The van der Waals surface area contributed by atoms with Crippen molar-refractivity contribution in [1.29, 1.82) is 0 Å². The van der Waals surface area contributed by atoms with Crippen molar-refractivity contribution in [3.8, 4) is 0 Å². The lowest BCUT2D eigenvalue weighted by molar-refractivity contribution is 0.0158. The molecule has 6 nitrogen and oxygen atoms in total. The molecule has 18 heavy (non-hydrogen) atoms. The summed E-state index contributed by atoms with van der Waals surface area (Å²) in [5.74, 6) is 1.21. The molecule has 0 aliphatic carbocycles. The van der Waals surface area contributed by atoms with E-state index in [4.69, 9.17) is 15.6 Å². The summed E-state index contributed by atoms with van der Waals surface area (Å²) in [6, 6.07) is 1.95. The summed E-state index contributed by atoms with van der Waals surface area (Å²) in [6.45, 7) is 4.21. The molecule has 1 aliphatic rings. The first-order valence-corrected chi connectivity index (χ1v) is 6.27. The predicted octanol–water partition coefficient (Wildman–Crippen LogP) is 0.345. The highest BCUT2D eigenvalue weighted by Gasteiger charge is 2.20. The zero-order valence-electron chi connectivity index (χ0n) is 10.7. The zero-order valence-corrected chi connectivity index (χ0v) is 10.7. The Kier molecular flexibility index (Phi) is 4.33. The van der Waals surface area contributed by atoms with Crippen LogP contribution in [0.15, 0.2) is 6.07 Å². The number of rotatable bonds is 4. The Hall–Kier alpha value is -1.40. The predicted molar refractivity (Wildman–Crippen MR) is 69.5 cm³/mol. The molecular formula is C12H20N4O2. The second kappa shape index (κ2) is 5.97. The number of nitrogens with two attached hydrogens (primary N) is 1. The van der Waals surface area contributed by atoms with Crippen LogP contribution in [0.5, 0.6) is 0 Å². The highest BCUT2D eigenvalue weighted by molar-refractivity contribution is 5.43. The van der Waals surface area contributed by atoms with Gasteiger partial charge < -0.3 is 20.5 Å². The molecule has 0 atom stereocenters. The fraction of sp³-hybridized carbons (Fsp3) is 0.667. The van der Waals surface area contributed by atoms with Gasteiger partial charge in [-0.3, -0.25) is 0 Å². The molecule has 1 fully saturated rings. The molecule has 2 rings (SSSR count). The molecule has 1 saturated heterocycles. The van der Waals surface area contributed by atoms with E-state index in [2.05, 4.69) is 14.9 Å². The van der Waals surface area contributed by atoms with Crippen LogP contribution in [0.4, 0.5) is 11.8 Å². The standard InChI is InChI=1S/C12H20N4O2/c1-9-8-11(15-12(13)14-9)16-4-2-10(3-5-16)18-7-6-17/h8,10,17H,2-7H2,1H3,(H2,13,14,15). The molecule has 6 heteroatoms. The third-order valence-corrected chi connectivity index (χ3v) is 3.07. The maximum atomic E-state index is 8.72. The van der Waals surface area contributed by atoms with Gasteiger partial charge in [-0.05, 0) is 19.8 Å². The molecule has 0 spiro atoms. The van der Waals surface area contributed by atoms with Crippen molar-refractivity contribution < 1.29 is 9.84 Å².